The first-order valence-corrected chi connectivity index (χ1v) is 2.71. The van der Waals surface area contributed by atoms with Crippen LogP contribution in [0.4, 0.5) is 0 Å². The first-order valence-electron chi connectivity index (χ1n) is 2.71. The zero-order chi connectivity index (χ0) is 7.44. The van der Waals surface area contributed by atoms with Gasteiger partial charge in [0.25, 0.3) is 0 Å². The summed E-state index contributed by atoms with van der Waals surface area (Å²) < 4.78 is 0. The van der Waals surface area contributed by atoms with Gasteiger partial charge >= 0.3 is 0 Å². The number of hydrogen-bond donors (Lipinski definition) is 2. The highest BCUT2D eigenvalue weighted by molar-refractivity contribution is 5.84. The van der Waals surface area contributed by atoms with E-state index < -0.39 is 0 Å². The molecule has 0 heterocycles. The zero-order valence-corrected chi connectivity index (χ0v) is 5.77. The largest absolute Gasteiger partial charge is 0.401 e. The van der Waals surface area contributed by atoms with Gasteiger partial charge in [0, 0.05) is 5.70 Å². The topological polar surface area (TPSA) is 55.1 Å². The fourth-order valence-electron chi connectivity index (χ4n) is 0.650. The molecule has 0 aliphatic carbocycles. The number of carbonyl (C=O) groups is 1. The van der Waals surface area contributed by atoms with Gasteiger partial charge in [-0.25, -0.2) is 0 Å². The molecule has 0 saturated carbocycles. The van der Waals surface area contributed by atoms with Crippen LogP contribution in [0.5, 0.6) is 0 Å². The summed E-state index contributed by atoms with van der Waals surface area (Å²) >= 11 is 0. The number of rotatable bonds is 3. The quantitative estimate of drug-likeness (QED) is 0.545. The molecule has 3 N–H and O–H groups in total. The molecule has 9 heavy (non-hydrogen) atoms. The molecule has 0 saturated heterocycles. The summed E-state index contributed by atoms with van der Waals surface area (Å²) in [5.41, 5.74) is 5.64. The van der Waals surface area contributed by atoms with E-state index in [1.165, 1.54) is 6.92 Å². The molecule has 0 aliphatic rings. The van der Waals surface area contributed by atoms with Gasteiger partial charge in [-0.1, -0.05) is 6.58 Å². The summed E-state index contributed by atoms with van der Waals surface area (Å²) in [5, 5.41) is 2.73. The number of likely N-dealkylation sites (N-methyl/N-ethyl adjacent to an activating group) is 1. The smallest absolute Gasteiger partial charge is 0.152 e. The van der Waals surface area contributed by atoms with Crippen molar-refractivity contribution in [2.45, 2.75) is 13.0 Å². The van der Waals surface area contributed by atoms with Gasteiger partial charge in [-0.3, -0.25) is 4.79 Å². The van der Waals surface area contributed by atoms with E-state index in [0.717, 1.165) is 0 Å². The van der Waals surface area contributed by atoms with Crippen molar-refractivity contribution in [1.29, 1.82) is 0 Å². The average Bonchev–Trinajstić information content (AvgIpc) is 1.64. The third-order valence-corrected chi connectivity index (χ3v) is 1.07. The Morgan fingerprint density at radius 3 is 2.22 bits per heavy atom. The molecule has 1 atom stereocenters. The van der Waals surface area contributed by atoms with Gasteiger partial charge in [0.15, 0.2) is 5.78 Å². The van der Waals surface area contributed by atoms with Crippen LogP contribution in [-0.2, 0) is 4.79 Å². The molecule has 3 nitrogen and oxygen atoms in total. The Bertz CT molecular complexity index is 117. The van der Waals surface area contributed by atoms with Crippen LogP contribution >= 0.6 is 0 Å². The summed E-state index contributed by atoms with van der Waals surface area (Å²) in [6.07, 6.45) is 0. The van der Waals surface area contributed by atoms with Crippen LogP contribution in [0.3, 0.4) is 0 Å². The fraction of sp³-hybridized carbons (Fsp3) is 0.500. The van der Waals surface area contributed by atoms with Crippen molar-refractivity contribution in [3.8, 4) is 0 Å². The molecule has 0 aromatic heterocycles. The van der Waals surface area contributed by atoms with E-state index in [1.807, 2.05) is 0 Å². The number of carbonyl (C=O) groups excluding carboxylic acids is 1. The van der Waals surface area contributed by atoms with Crippen LogP contribution in [0.15, 0.2) is 12.3 Å². The molecular weight excluding hydrogens is 116 g/mol. The lowest BCUT2D eigenvalue weighted by molar-refractivity contribution is -0.118. The molecule has 0 radical (unpaired) electrons. The van der Waals surface area contributed by atoms with Crippen molar-refractivity contribution in [3.63, 3.8) is 0 Å². The van der Waals surface area contributed by atoms with Gasteiger partial charge in [0.2, 0.25) is 0 Å². The van der Waals surface area contributed by atoms with E-state index in [2.05, 4.69) is 11.9 Å². The molecule has 0 bridgehead atoms. The molecule has 0 aliphatic heterocycles. The van der Waals surface area contributed by atoms with Crippen LogP contribution in [0, 0.1) is 0 Å². The van der Waals surface area contributed by atoms with Crippen LogP contribution in [0.1, 0.15) is 6.92 Å². The molecule has 3 heteroatoms. The molecule has 0 fully saturated rings. The highest BCUT2D eigenvalue weighted by Gasteiger charge is 2.11. The van der Waals surface area contributed by atoms with Crippen LogP contribution in [0.25, 0.3) is 0 Å². The minimum atomic E-state index is -0.384. The summed E-state index contributed by atoms with van der Waals surface area (Å²) in [6, 6.07) is -0.384. The van der Waals surface area contributed by atoms with Crippen LogP contribution in [-0.4, -0.2) is 18.9 Å². The molecule has 52 valence electrons. The maximum absolute atomic E-state index is 10.6. The second kappa shape index (κ2) is 3.25. The van der Waals surface area contributed by atoms with E-state index in [4.69, 9.17) is 5.73 Å². The number of Topliss-reactive ketones (excluding diaryl/α,β-unsaturated/α-hetero) is 1. The molecule has 0 rings (SSSR count). The van der Waals surface area contributed by atoms with Gasteiger partial charge in [0.1, 0.15) is 6.04 Å². The van der Waals surface area contributed by atoms with Crippen molar-refractivity contribution in [1.82, 2.24) is 5.32 Å². The summed E-state index contributed by atoms with van der Waals surface area (Å²) in [6.45, 7) is 4.91. The van der Waals surface area contributed by atoms with E-state index in [1.54, 1.807) is 7.05 Å². The standard InChI is InChI=1S/C6H12N2O/c1-4(7)6(8-3)5(2)9/h6,8H,1,7H2,2-3H3/t6-/m0/s1. The second-order valence-electron chi connectivity index (χ2n) is 1.91. The lowest BCUT2D eigenvalue weighted by Crippen LogP contribution is -2.36. The maximum atomic E-state index is 10.6. The van der Waals surface area contributed by atoms with E-state index >= 15 is 0 Å². The molecule has 0 spiro atoms. The fourth-order valence-corrected chi connectivity index (χ4v) is 0.650. The SMILES string of the molecule is C=C(N)[C@H](NC)C(C)=O. The maximum Gasteiger partial charge on any atom is 0.152 e. The van der Waals surface area contributed by atoms with Crippen molar-refractivity contribution in [2.24, 2.45) is 5.73 Å². The number of hydrogen-bond acceptors (Lipinski definition) is 3. The Kier molecular flexibility index (Phi) is 2.95. The van der Waals surface area contributed by atoms with E-state index in [9.17, 15) is 4.79 Å². The summed E-state index contributed by atoms with van der Waals surface area (Å²) in [4.78, 5) is 10.6. The number of nitrogens with one attached hydrogen (secondary N) is 1. The monoisotopic (exact) mass is 128 g/mol. The summed E-state index contributed by atoms with van der Waals surface area (Å²) in [7, 11) is 1.67. The third kappa shape index (κ3) is 2.28. The van der Waals surface area contributed by atoms with E-state index in [0.29, 0.717) is 5.70 Å². The Morgan fingerprint density at radius 2 is 2.22 bits per heavy atom. The normalized spacial score (nSPS) is 12.7. The highest BCUT2D eigenvalue weighted by Crippen LogP contribution is 1.90. The van der Waals surface area contributed by atoms with Gasteiger partial charge in [-0.05, 0) is 14.0 Å². The Balaban J connectivity index is 3.99. The van der Waals surface area contributed by atoms with Gasteiger partial charge in [-0.15, -0.1) is 0 Å². The predicted molar refractivity (Wildman–Crippen MR) is 36.9 cm³/mol. The highest BCUT2D eigenvalue weighted by atomic mass is 16.1. The Hall–Kier alpha value is -0.830. The third-order valence-electron chi connectivity index (χ3n) is 1.07. The zero-order valence-electron chi connectivity index (χ0n) is 5.77. The Morgan fingerprint density at radius 1 is 1.78 bits per heavy atom. The number of nitrogens with two attached hydrogens (primary N) is 1. The first kappa shape index (κ1) is 8.17. The summed E-state index contributed by atoms with van der Waals surface area (Å²) in [5.74, 6) is -0.00926. The molecule has 0 unspecified atom stereocenters. The van der Waals surface area contributed by atoms with Crippen LogP contribution < -0.4 is 11.1 Å². The van der Waals surface area contributed by atoms with Gasteiger partial charge in [0.05, 0.1) is 0 Å². The lowest BCUT2D eigenvalue weighted by atomic mass is 10.2. The molecule has 0 amide bonds. The minimum absolute atomic E-state index is 0.00926. The average molecular weight is 128 g/mol. The van der Waals surface area contributed by atoms with Gasteiger partial charge in [-0.2, -0.15) is 0 Å². The Labute approximate surface area is 54.9 Å². The molecule has 0 aromatic rings. The second-order valence-corrected chi connectivity index (χ2v) is 1.91. The van der Waals surface area contributed by atoms with Crippen LogP contribution in [0.2, 0.25) is 0 Å². The number of ketones is 1. The van der Waals surface area contributed by atoms with Gasteiger partial charge < -0.3 is 11.1 Å². The van der Waals surface area contributed by atoms with Crippen molar-refractivity contribution in [3.05, 3.63) is 12.3 Å². The van der Waals surface area contributed by atoms with Crippen molar-refractivity contribution in [2.75, 3.05) is 7.05 Å². The van der Waals surface area contributed by atoms with Crippen molar-refractivity contribution >= 4 is 5.78 Å². The molecule has 0 aromatic carbocycles. The first-order chi connectivity index (χ1) is 4.09. The minimum Gasteiger partial charge on any atom is -0.401 e. The molecular formula is C6H12N2O. The lowest BCUT2D eigenvalue weighted by Gasteiger charge is -2.10. The predicted octanol–water partition coefficient (Wildman–Crippen LogP) is -0.364. The van der Waals surface area contributed by atoms with Crippen molar-refractivity contribution < 1.29 is 4.79 Å². The van der Waals surface area contributed by atoms with E-state index in [-0.39, 0.29) is 11.8 Å².